The molecule has 0 saturated carbocycles. The molecule has 18 heavy (non-hydrogen) atoms. The molecule has 110 valence electrons. The van der Waals surface area contributed by atoms with Gasteiger partial charge in [-0.3, -0.25) is 4.79 Å². The van der Waals surface area contributed by atoms with Crippen molar-refractivity contribution in [2.45, 2.75) is 26.7 Å². The van der Waals surface area contributed by atoms with Gasteiger partial charge in [0.1, 0.15) is 0 Å². The summed E-state index contributed by atoms with van der Waals surface area (Å²) in [4.78, 5) is 14.0. The van der Waals surface area contributed by atoms with E-state index in [9.17, 15) is 4.79 Å². The number of carbonyl (C=O) groups excluding carboxylic acids is 1. The molecule has 1 rings (SSSR count). The molecule has 0 aromatic heterocycles. The van der Waals surface area contributed by atoms with Crippen LogP contribution in [0.4, 0.5) is 0 Å². The van der Waals surface area contributed by atoms with Gasteiger partial charge in [-0.05, 0) is 31.8 Å². The molecule has 0 spiro atoms. The molecule has 1 fully saturated rings. The van der Waals surface area contributed by atoms with E-state index in [1.807, 2.05) is 6.92 Å². The number of carbonyl (C=O) groups is 1. The number of amides is 1. The molecule has 1 heterocycles. The number of rotatable bonds is 6. The van der Waals surface area contributed by atoms with E-state index in [4.69, 9.17) is 5.73 Å². The third-order valence-corrected chi connectivity index (χ3v) is 3.19. The minimum atomic E-state index is -0.0704. The fourth-order valence-corrected chi connectivity index (χ4v) is 2.03. The monoisotopic (exact) mass is 299 g/mol. The van der Waals surface area contributed by atoms with Crippen molar-refractivity contribution in [3.8, 4) is 0 Å². The van der Waals surface area contributed by atoms with Gasteiger partial charge in [0, 0.05) is 25.6 Å². The van der Waals surface area contributed by atoms with Crippen LogP contribution in [0.1, 0.15) is 26.7 Å². The number of hydrogen-bond acceptors (Lipinski definition) is 3. The summed E-state index contributed by atoms with van der Waals surface area (Å²) in [7, 11) is 0. The summed E-state index contributed by atoms with van der Waals surface area (Å²) in [6.07, 6.45) is 2.65. The van der Waals surface area contributed by atoms with Gasteiger partial charge in [0.2, 0.25) is 5.91 Å². The Labute approximate surface area is 123 Å². The van der Waals surface area contributed by atoms with Crippen LogP contribution in [0.3, 0.4) is 0 Å². The van der Waals surface area contributed by atoms with Crippen molar-refractivity contribution in [1.29, 1.82) is 0 Å². The van der Waals surface area contributed by atoms with Crippen molar-refractivity contribution < 1.29 is 4.79 Å². The van der Waals surface area contributed by atoms with Gasteiger partial charge >= 0.3 is 0 Å². The summed E-state index contributed by atoms with van der Waals surface area (Å²) in [6, 6.07) is 0. The van der Waals surface area contributed by atoms with Crippen molar-refractivity contribution in [2.24, 2.45) is 17.6 Å². The summed E-state index contributed by atoms with van der Waals surface area (Å²) in [5.41, 5.74) is 5.44. The van der Waals surface area contributed by atoms with Gasteiger partial charge in [0.25, 0.3) is 0 Å². The Bertz CT molecular complexity index is 223. The van der Waals surface area contributed by atoms with Crippen LogP contribution in [0.25, 0.3) is 0 Å². The second kappa shape index (κ2) is 10.9. The van der Waals surface area contributed by atoms with Crippen LogP contribution in [0.5, 0.6) is 0 Å². The number of nitrogens with zero attached hydrogens (tertiary/aromatic N) is 1. The number of nitrogens with two attached hydrogens (primary N) is 1. The maximum Gasteiger partial charge on any atom is 0.224 e. The summed E-state index contributed by atoms with van der Waals surface area (Å²) in [5.74, 6) is 0.529. The number of hydrogen-bond donors (Lipinski definition) is 2. The highest BCUT2D eigenvalue weighted by molar-refractivity contribution is 5.85. The second-order valence-corrected chi connectivity index (χ2v) is 4.99. The molecule has 3 N–H and O–H groups in total. The van der Waals surface area contributed by atoms with Crippen LogP contribution in [-0.4, -0.2) is 43.5 Å². The lowest BCUT2D eigenvalue weighted by molar-refractivity contribution is -0.124. The molecule has 1 amide bonds. The zero-order valence-electron chi connectivity index (χ0n) is 11.4. The van der Waals surface area contributed by atoms with E-state index >= 15 is 0 Å². The minimum absolute atomic E-state index is 0. The highest BCUT2D eigenvalue weighted by atomic mass is 35.5. The highest BCUT2D eigenvalue weighted by Gasteiger charge is 2.16. The normalized spacial score (nSPS) is 18.4. The maximum absolute atomic E-state index is 11.5. The first kappa shape index (κ1) is 20.3. The van der Waals surface area contributed by atoms with Gasteiger partial charge in [-0.1, -0.05) is 13.8 Å². The number of halogens is 2. The molecule has 0 bridgehead atoms. The molecule has 0 radical (unpaired) electrons. The quantitative estimate of drug-likeness (QED) is 0.777. The van der Waals surface area contributed by atoms with Crippen LogP contribution < -0.4 is 11.1 Å². The lowest BCUT2D eigenvalue weighted by atomic mass is 10.1. The first-order chi connectivity index (χ1) is 7.63. The first-order valence-corrected chi connectivity index (χ1v) is 6.33. The van der Waals surface area contributed by atoms with Crippen molar-refractivity contribution >= 4 is 30.7 Å². The molecule has 1 aliphatic rings. The average molecular weight is 300 g/mol. The van der Waals surface area contributed by atoms with E-state index in [0.717, 1.165) is 13.1 Å². The van der Waals surface area contributed by atoms with Crippen LogP contribution in [0.2, 0.25) is 0 Å². The molecule has 6 heteroatoms. The van der Waals surface area contributed by atoms with Crippen LogP contribution in [0.15, 0.2) is 0 Å². The highest BCUT2D eigenvalue weighted by Crippen LogP contribution is 2.09. The number of nitrogens with one attached hydrogen (secondary N) is 1. The fraction of sp³-hybridized carbons (Fsp3) is 0.917. The van der Waals surface area contributed by atoms with E-state index in [1.165, 1.54) is 25.9 Å². The Morgan fingerprint density at radius 3 is 2.33 bits per heavy atom. The van der Waals surface area contributed by atoms with Gasteiger partial charge in [0.15, 0.2) is 0 Å². The second-order valence-electron chi connectivity index (χ2n) is 4.99. The van der Waals surface area contributed by atoms with Crippen molar-refractivity contribution in [1.82, 2.24) is 10.2 Å². The molecule has 1 aliphatic heterocycles. The molecule has 0 aliphatic carbocycles. The van der Waals surface area contributed by atoms with Crippen LogP contribution in [0, 0.1) is 11.8 Å². The SMILES string of the molecule is CC(CNC(=O)C(C)CN)CN1CCCC1.Cl.Cl. The maximum atomic E-state index is 11.5. The van der Waals surface area contributed by atoms with Gasteiger partial charge in [-0.15, -0.1) is 24.8 Å². The Morgan fingerprint density at radius 1 is 1.28 bits per heavy atom. The summed E-state index contributed by atoms with van der Waals surface area (Å²) >= 11 is 0. The zero-order valence-corrected chi connectivity index (χ0v) is 13.0. The molecule has 0 aromatic rings. The largest absolute Gasteiger partial charge is 0.356 e. The Balaban J connectivity index is 0. The standard InChI is InChI=1S/C12H25N3O.2ClH/c1-10(9-15-5-3-4-6-15)8-14-12(16)11(2)7-13;;/h10-11H,3-9,13H2,1-2H3,(H,14,16);2*1H. The minimum Gasteiger partial charge on any atom is -0.356 e. The Morgan fingerprint density at radius 2 is 1.83 bits per heavy atom. The average Bonchev–Trinajstić information content (AvgIpc) is 2.77. The molecular formula is C12H27Cl2N3O. The zero-order chi connectivity index (χ0) is 12.0. The van der Waals surface area contributed by atoms with Crippen molar-refractivity contribution in [2.75, 3.05) is 32.7 Å². The van der Waals surface area contributed by atoms with Gasteiger partial charge < -0.3 is 16.0 Å². The molecular weight excluding hydrogens is 273 g/mol. The molecule has 1 saturated heterocycles. The molecule has 0 aromatic carbocycles. The van der Waals surface area contributed by atoms with E-state index in [0.29, 0.717) is 12.5 Å². The smallest absolute Gasteiger partial charge is 0.224 e. The third kappa shape index (κ3) is 7.41. The molecule has 4 nitrogen and oxygen atoms in total. The van der Waals surface area contributed by atoms with Crippen LogP contribution in [-0.2, 0) is 4.79 Å². The predicted molar refractivity (Wildman–Crippen MR) is 80.6 cm³/mol. The first-order valence-electron chi connectivity index (χ1n) is 6.33. The summed E-state index contributed by atoms with van der Waals surface area (Å²) < 4.78 is 0. The third-order valence-electron chi connectivity index (χ3n) is 3.19. The lowest BCUT2D eigenvalue weighted by Gasteiger charge is -2.21. The van der Waals surface area contributed by atoms with E-state index < -0.39 is 0 Å². The van der Waals surface area contributed by atoms with Gasteiger partial charge in [-0.25, -0.2) is 0 Å². The van der Waals surface area contributed by atoms with Crippen molar-refractivity contribution in [3.63, 3.8) is 0 Å². The molecule has 2 atom stereocenters. The number of likely N-dealkylation sites (tertiary alicyclic amines) is 1. The van der Waals surface area contributed by atoms with E-state index in [1.54, 1.807) is 0 Å². The van der Waals surface area contributed by atoms with Gasteiger partial charge in [0.05, 0.1) is 0 Å². The predicted octanol–water partition coefficient (Wildman–Crippen LogP) is 1.27. The fourth-order valence-electron chi connectivity index (χ4n) is 2.03. The lowest BCUT2D eigenvalue weighted by Crippen LogP contribution is -2.38. The summed E-state index contributed by atoms with van der Waals surface area (Å²) in [6.45, 7) is 8.77. The van der Waals surface area contributed by atoms with E-state index in [2.05, 4.69) is 17.1 Å². The van der Waals surface area contributed by atoms with Gasteiger partial charge in [-0.2, -0.15) is 0 Å². The van der Waals surface area contributed by atoms with Crippen molar-refractivity contribution in [3.05, 3.63) is 0 Å². The Hall–Kier alpha value is -0.0300. The summed E-state index contributed by atoms with van der Waals surface area (Å²) in [5, 5.41) is 2.96. The molecule has 2 unspecified atom stereocenters. The van der Waals surface area contributed by atoms with E-state index in [-0.39, 0.29) is 36.6 Å². The Kier molecular flexibility index (Phi) is 12.2. The topological polar surface area (TPSA) is 58.4 Å². The van der Waals surface area contributed by atoms with Crippen LogP contribution >= 0.6 is 24.8 Å².